The Balaban J connectivity index is 2.51. The number of aromatic nitrogens is 4. The van der Waals surface area contributed by atoms with Crippen molar-refractivity contribution in [3.8, 4) is 5.88 Å². The lowest BCUT2D eigenvalue weighted by atomic mass is 10.0. The topological polar surface area (TPSA) is 78.8 Å². The van der Waals surface area contributed by atoms with Gasteiger partial charge >= 0.3 is 0 Å². The summed E-state index contributed by atoms with van der Waals surface area (Å²) in [6.07, 6.45) is 3.19. The van der Waals surface area contributed by atoms with E-state index in [1.165, 1.54) is 0 Å². The van der Waals surface area contributed by atoms with Crippen molar-refractivity contribution in [3.63, 3.8) is 0 Å². The smallest absolute Gasteiger partial charge is 0.237 e. The molecule has 1 unspecified atom stereocenters. The normalized spacial score (nSPS) is 12.5. The summed E-state index contributed by atoms with van der Waals surface area (Å²) >= 11 is 0. The van der Waals surface area contributed by atoms with Crippen LogP contribution in [0.4, 0.5) is 0 Å². The summed E-state index contributed by atoms with van der Waals surface area (Å²) in [5, 5.41) is 4.36. The number of ether oxygens (including phenoxy) is 1. The molecule has 2 N–H and O–H groups in total. The van der Waals surface area contributed by atoms with Crippen molar-refractivity contribution < 1.29 is 4.74 Å². The van der Waals surface area contributed by atoms with Crippen molar-refractivity contribution in [1.82, 2.24) is 19.7 Å². The Hall–Kier alpha value is -1.95. The van der Waals surface area contributed by atoms with Gasteiger partial charge in [0, 0.05) is 30.7 Å². The Morgan fingerprint density at radius 3 is 2.50 bits per heavy atom. The standard InChI is InChI=1S/C12H17N5O/c1-7-9(8(2)17(3)16-7)10(13)11-12(18-4)15-6-5-14-11/h5-6,10H,13H2,1-4H3. The molecule has 0 radical (unpaired) electrons. The van der Waals surface area contributed by atoms with Gasteiger partial charge in [0.15, 0.2) is 0 Å². The number of nitrogens with two attached hydrogens (primary N) is 1. The average molecular weight is 247 g/mol. The summed E-state index contributed by atoms with van der Waals surface area (Å²) in [5.74, 6) is 0.452. The molecule has 0 saturated carbocycles. The molecule has 0 spiro atoms. The quantitative estimate of drug-likeness (QED) is 0.871. The summed E-state index contributed by atoms with van der Waals surface area (Å²) in [6, 6.07) is -0.387. The largest absolute Gasteiger partial charge is 0.480 e. The van der Waals surface area contributed by atoms with Crippen molar-refractivity contribution >= 4 is 0 Å². The molecule has 1 atom stereocenters. The second-order valence-corrected chi connectivity index (χ2v) is 4.14. The first-order valence-corrected chi connectivity index (χ1v) is 5.66. The van der Waals surface area contributed by atoms with E-state index in [2.05, 4.69) is 15.1 Å². The first-order chi connectivity index (χ1) is 8.56. The average Bonchev–Trinajstić information content (AvgIpc) is 2.62. The van der Waals surface area contributed by atoms with Crippen LogP contribution >= 0.6 is 0 Å². The second kappa shape index (κ2) is 4.73. The maximum atomic E-state index is 6.27. The van der Waals surface area contributed by atoms with Gasteiger partial charge in [0.2, 0.25) is 5.88 Å². The Labute approximate surface area is 106 Å². The van der Waals surface area contributed by atoms with Gasteiger partial charge in [-0.05, 0) is 13.8 Å². The summed E-state index contributed by atoms with van der Waals surface area (Å²) in [7, 11) is 3.45. The first kappa shape index (κ1) is 12.5. The molecule has 2 aromatic heterocycles. The van der Waals surface area contributed by atoms with Crippen LogP contribution in [0.1, 0.15) is 28.7 Å². The molecule has 2 rings (SSSR count). The van der Waals surface area contributed by atoms with Gasteiger partial charge in [-0.1, -0.05) is 0 Å². The molecule has 96 valence electrons. The number of nitrogens with zero attached hydrogens (tertiary/aromatic N) is 4. The molecule has 2 heterocycles. The van der Waals surface area contributed by atoms with E-state index in [9.17, 15) is 0 Å². The molecule has 0 aromatic carbocycles. The highest BCUT2D eigenvalue weighted by atomic mass is 16.5. The van der Waals surface area contributed by atoms with Gasteiger partial charge in [-0.25, -0.2) is 4.98 Å². The monoisotopic (exact) mass is 247 g/mol. The fourth-order valence-corrected chi connectivity index (χ4v) is 2.08. The van der Waals surface area contributed by atoms with E-state index in [4.69, 9.17) is 10.5 Å². The van der Waals surface area contributed by atoms with E-state index in [0.717, 1.165) is 17.0 Å². The molecule has 0 fully saturated rings. The van der Waals surface area contributed by atoms with Gasteiger partial charge in [-0.2, -0.15) is 5.10 Å². The summed E-state index contributed by atoms with van der Waals surface area (Å²) in [6.45, 7) is 3.92. The lowest BCUT2D eigenvalue weighted by molar-refractivity contribution is 0.387. The first-order valence-electron chi connectivity index (χ1n) is 5.66. The molecule has 18 heavy (non-hydrogen) atoms. The van der Waals surface area contributed by atoms with Gasteiger partial charge in [0.05, 0.1) is 18.8 Å². The van der Waals surface area contributed by atoms with Crippen LogP contribution in [0.25, 0.3) is 0 Å². The van der Waals surface area contributed by atoms with E-state index >= 15 is 0 Å². The number of methoxy groups -OCH3 is 1. The lowest BCUT2D eigenvalue weighted by Crippen LogP contribution is -2.17. The minimum atomic E-state index is -0.387. The summed E-state index contributed by atoms with van der Waals surface area (Å²) in [4.78, 5) is 8.39. The van der Waals surface area contributed by atoms with Crippen LogP contribution < -0.4 is 10.5 Å². The van der Waals surface area contributed by atoms with Crippen LogP contribution in [0.15, 0.2) is 12.4 Å². The zero-order chi connectivity index (χ0) is 13.3. The molecule has 0 aliphatic carbocycles. The third kappa shape index (κ3) is 1.95. The molecular weight excluding hydrogens is 230 g/mol. The van der Waals surface area contributed by atoms with E-state index in [1.54, 1.807) is 19.5 Å². The van der Waals surface area contributed by atoms with E-state index in [-0.39, 0.29) is 6.04 Å². The fraction of sp³-hybridized carbons (Fsp3) is 0.417. The number of hydrogen-bond acceptors (Lipinski definition) is 5. The molecule has 0 bridgehead atoms. The lowest BCUT2D eigenvalue weighted by Gasteiger charge is -2.14. The molecule has 2 aromatic rings. The molecular formula is C12H17N5O. The van der Waals surface area contributed by atoms with Crippen molar-refractivity contribution in [2.45, 2.75) is 19.9 Å². The molecule has 0 saturated heterocycles. The second-order valence-electron chi connectivity index (χ2n) is 4.14. The number of rotatable bonds is 3. The Kier molecular flexibility index (Phi) is 3.29. The van der Waals surface area contributed by atoms with Crippen LogP contribution in [-0.2, 0) is 7.05 Å². The summed E-state index contributed by atoms with van der Waals surface area (Å²) < 4.78 is 7.01. The van der Waals surface area contributed by atoms with Crippen molar-refractivity contribution in [2.24, 2.45) is 12.8 Å². The predicted molar refractivity (Wildman–Crippen MR) is 67.3 cm³/mol. The van der Waals surface area contributed by atoms with E-state index in [1.807, 2.05) is 25.6 Å². The SMILES string of the molecule is COc1nccnc1C(N)c1c(C)nn(C)c1C. The third-order valence-corrected chi connectivity index (χ3v) is 3.06. The minimum Gasteiger partial charge on any atom is -0.480 e. The molecule has 0 aliphatic heterocycles. The van der Waals surface area contributed by atoms with Crippen LogP contribution in [0.3, 0.4) is 0 Å². The Morgan fingerprint density at radius 2 is 1.94 bits per heavy atom. The van der Waals surface area contributed by atoms with Crippen LogP contribution in [0, 0.1) is 13.8 Å². The third-order valence-electron chi connectivity index (χ3n) is 3.06. The predicted octanol–water partition coefficient (Wildman–Crippen LogP) is 0.884. The fourth-order valence-electron chi connectivity index (χ4n) is 2.08. The van der Waals surface area contributed by atoms with Gasteiger partial charge in [-0.15, -0.1) is 0 Å². The van der Waals surface area contributed by atoms with Crippen LogP contribution in [0.2, 0.25) is 0 Å². The van der Waals surface area contributed by atoms with Crippen molar-refractivity contribution in [3.05, 3.63) is 35.0 Å². The van der Waals surface area contributed by atoms with Gasteiger partial charge < -0.3 is 10.5 Å². The molecule has 6 heteroatoms. The van der Waals surface area contributed by atoms with Gasteiger partial charge in [-0.3, -0.25) is 9.67 Å². The van der Waals surface area contributed by atoms with E-state index in [0.29, 0.717) is 11.6 Å². The summed E-state index contributed by atoms with van der Waals surface area (Å²) in [5.41, 5.74) is 9.78. The Morgan fingerprint density at radius 1 is 1.28 bits per heavy atom. The van der Waals surface area contributed by atoms with Crippen molar-refractivity contribution in [1.29, 1.82) is 0 Å². The number of aryl methyl sites for hydroxylation is 2. The zero-order valence-electron chi connectivity index (χ0n) is 11.0. The molecule has 6 nitrogen and oxygen atoms in total. The van der Waals surface area contributed by atoms with Crippen LogP contribution in [-0.4, -0.2) is 26.9 Å². The van der Waals surface area contributed by atoms with E-state index < -0.39 is 0 Å². The zero-order valence-corrected chi connectivity index (χ0v) is 11.0. The number of hydrogen-bond donors (Lipinski definition) is 1. The van der Waals surface area contributed by atoms with Gasteiger partial charge in [0.25, 0.3) is 0 Å². The maximum Gasteiger partial charge on any atom is 0.237 e. The highest BCUT2D eigenvalue weighted by Crippen LogP contribution is 2.28. The van der Waals surface area contributed by atoms with Crippen LogP contribution in [0.5, 0.6) is 5.88 Å². The van der Waals surface area contributed by atoms with Gasteiger partial charge in [0.1, 0.15) is 5.69 Å². The van der Waals surface area contributed by atoms with Crippen molar-refractivity contribution in [2.75, 3.05) is 7.11 Å². The maximum absolute atomic E-state index is 6.27. The highest BCUT2D eigenvalue weighted by molar-refractivity contribution is 5.37. The Bertz CT molecular complexity index is 564. The molecule has 0 aliphatic rings. The molecule has 0 amide bonds. The highest BCUT2D eigenvalue weighted by Gasteiger charge is 2.22. The minimum absolute atomic E-state index is 0.387.